The zero-order valence-electron chi connectivity index (χ0n) is 7.97. The van der Waals surface area contributed by atoms with Crippen LogP contribution in [0.3, 0.4) is 0 Å². The van der Waals surface area contributed by atoms with Crippen LogP contribution in [0.25, 0.3) is 0 Å². The molecule has 0 heterocycles. The van der Waals surface area contributed by atoms with Gasteiger partial charge in [0, 0.05) is 6.42 Å². The zero-order chi connectivity index (χ0) is 9.23. The molecule has 0 aliphatic carbocycles. The average molecular weight is 187 g/mol. The molecule has 1 radical (unpaired) electrons. The van der Waals surface area contributed by atoms with Gasteiger partial charge in [-0.2, -0.15) is 0 Å². The molecular weight excluding hydrogens is 168 g/mol. The minimum absolute atomic E-state index is 0.0126. The van der Waals surface area contributed by atoms with Crippen LogP contribution in [-0.2, 0) is 9.22 Å². The summed E-state index contributed by atoms with van der Waals surface area (Å²) in [5.74, 6) is -0.0126. The third-order valence-corrected chi connectivity index (χ3v) is 2.96. The van der Waals surface area contributed by atoms with Crippen LogP contribution >= 0.6 is 0 Å². The molecule has 0 saturated heterocycles. The number of unbranched alkanes of at least 4 members (excludes halogenated alkanes) is 2. The van der Waals surface area contributed by atoms with E-state index < -0.39 is 9.76 Å². The van der Waals surface area contributed by atoms with E-state index in [1.54, 1.807) is 0 Å². The van der Waals surface area contributed by atoms with Crippen LogP contribution in [0.4, 0.5) is 0 Å². The molecule has 0 aromatic heterocycles. The largest absolute Gasteiger partial charge is 0.525 e. The highest BCUT2D eigenvalue weighted by Crippen LogP contribution is 1.98. The average Bonchev–Trinajstić information content (AvgIpc) is 2.09. The maximum atomic E-state index is 10.9. The van der Waals surface area contributed by atoms with Gasteiger partial charge < -0.3 is 4.43 Å². The van der Waals surface area contributed by atoms with Crippen molar-refractivity contribution in [2.24, 2.45) is 0 Å². The number of carbonyl (C=O) groups excluding carboxylic acids is 1. The monoisotopic (exact) mass is 187 g/mol. The molecule has 0 aromatic carbocycles. The standard InChI is InChI=1S/C9H19O2Si/c1-3-5-7-9(10)11-12-8-6-4-2/h1,3-8,12H2,2H3. The molecule has 0 N–H and O–H groups in total. The van der Waals surface area contributed by atoms with Gasteiger partial charge in [-0.3, -0.25) is 4.79 Å². The van der Waals surface area contributed by atoms with E-state index in [0.29, 0.717) is 6.42 Å². The van der Waals surface area contributed by atoms with Crippen molar-refractivity contribution in [2.75, 3.05) is 0 Å². The summed E-state index contributed by atoms with van der Waals surface area (Å²) in [5, 5.41) is 0. The van der Waals surface area contributed by atoms with Crippen molar-refractivity contribution in [1.82, 2.24) is 0 Å². The molecular formula is C9H19O2Si. The Balaban J connectivity index is 3.08. The number of hydrogen-bond donors (Lipinski definition) is 0. The predicted molar refractivity (Wildman–Crippen MR) is 53.6 cm³/mol. The molecule has 2 nitrogen and oxygen atoms in total. The number of hydrogen-bond acceptors (Lipinski definition) is 2. The molecule has 0 unspecified atom stereocenters. The van der Waals surface area contributed by atoms with Crippen molar-refractivity contribution in [2.45, 2.75) is 45.1 Å². The molecule has 3 heteroatoms. The molecule has 12 heavy (non-hydrogen) atoms. The first-order chi connectivity index (χ1) is 5.81. The lowest BCUT2D eigenvalue weighted by Gasteiger charge is -2.02. The van der Waals surface area contributed by atoms with Crippen LogP contribution in [0.5, 0.6) is 0 Å². The minimum atomic E-state index is -0.545. The SMILES string of the molecule is [CH2]CCCC(=O)O[SiH2]CCCC. The molecule has 0 aliphatic heterocycles. The molecule has 0 spiro atoms. The second-order valence-electron chi connectivity index (χ2n) is 2.88. The van der Waals surface area contributed by atoms with E-state index >= 15 is 0 Å². The molecule has 0 bridgehead atoms. The Morgan fingerprint density at radius 1 is 1.50 bits per heavy atom. The first-order valence-corrected chi connectivity index (χ1v) is 6.33. The van der Waals surface area contributed by atoms with Crippen LogP contribution < -0.4 is 0 Å². The quantitative estimate of drug-likeness (QED) is 0.449. The number of rotatable bonds is 7. The summed E-state index contributed by atoms with van der Waals surface area (Å²) in [6, 6.07) is 1.13. The molecule has 0 amide bonds. The van der Waals surface area contributed by atoms with Crippen molar-refractivity contribution < 1.29 is 9.22 Å². The van der Waals surface area contributed by atoms with Crippen molar-refractivity contribution in [1.29, 1.82) is 0 Å². The summed E-state index contributed by atoms with van der Waals surface area (Å²) in [4.78, 5) is 10.9. The Kier molecular flexibility index (Phi) is 8.55. The van der Waals surface area contributed by atoms with E-state index in [-0.39, 0.29) is 5.97 Å². The Morgan fingerprint density at radius 2 is 2.25 bits per heavy atom. The highest BCUT2D eigenvalue weighted by molar-refractivity contribution is 6.30. The van der Waals surface area contributed by atoms with Crippen LogP contribution in [0.15, 0.2) is 0 Å². The van der Waals surface area contributed by atoms with Crippen LogP contribution in [0.1, 0.15) is 39.0 Å². The fourth-order valence-electron chi connectivity index (χ4n) is 0.880. The Morgan fingerprint density at radius 3 is 2.83 bits per heavy atom. The molecule has 71 valence electrons. The maximum Gasteiger partial charge on any atom is 0.292 e. The fourth-order valence-corrected chi connectivity index (χ4v) is 2.10. The van der Waals surface area contributed by atoms with Gasteiger partial charge in [0.15, 0.2) is 0 Å². The van der Waals surface area contributed by atoms with Gasteiger partial charge in [-0.1, -0.05) is 33.1 Å². The first kappa shape index (κ1) is 11.7. The van der Waals surface area contributed by atoms with E-state index in [1.165, 1.54) is 12.8 Å². The second kappa shape index (κ2) is 8.78. The van der Waals surface area contributed by atoms with Gasteiger partial charge in [-0.25, -0.2) is 0 Å². The van der Waals surface area contributed by atoms with E-state index in [2.05, 4.69) is 13.8 Å². The molecule has 0 saturated carbocycles. The summed E-state index contributed by atoms with van der Waals surface area (Å²) in [5.41, 5.74) is 0. The minimum Gasteiger partial charge on any atom is -0.525 e. The van der Waals surface area contributed by atoms with Gasteiger partial charge in [0.05, 0.1) is 0 Å². The summed E-state index contributed by atoms with van der Waals surface area (Å²) < 4.78 is 5.12. The summed E-state index contributed by atoms with van der Waals surface area (Å²) in [7, 11) is -0.545. The first-order valence-electron chi connectivity index (χ1n) is 4.76. The molecule has 0 atom stereocenters. The Labute approximate surface area is 77.6 Å². The molecule has 0 aromatic rings. The van der Waals surface area contributed by atoms with Crippen molar-refractivity contribution in [3.8, 4) is 0 Å². The van der Waals surface area contributed by atoms with Crippen molar-refractivity contribution >= 4 is 15.7 Å². The van der Waals surface area contributed by atoms with Gasteiger partial charge in [-0.15, -0.1) is 0 Å². The highest BCUT2D eigenvalue weighted by Gasteiger charge is 2.00. The van der Waals surface area contributed by atoms with Gasteiger partial charge >= 0.3 is 0 Å². The van der Waals surface area contributed by atoms with E-state index in [9.17, 15) is 4.79 Å². The molecule has 0 fully saturated rings. The topological polar surface area (TPSA) is 26.3 Å². The van der Waals surface area contributed by atoms with Crippen LogP contribution in [0, 0.1) is 6.92 Å². The highest BCUT2D eigenvalue weighted by atomic mass is 28.2. The second-order valence-corrected chi connectivity index (χ2v) is 4.29. The molecule has 0 rings (SSSR count). The van der Waals surface area contributed by atoms with Crippen LogP contribution in [-0.4, -0.2) is 15.7 Å². The number of carbonyl (C=O) groups is 1. The van der Waals surface area contributed by atoms with E-state index in [4.69, 9.17) is 4.43 Å². The van der Waals surface area contributed by atoms with Crippen molar-refractivity contribution in [3.63, 3.8) is 0 Å². The lowest BCUT2D eigenvalue weighted by molar-refractivity contribution is -0.134. The van der Waals surface area contributed by atoms with Gasteiger partial charge in [0.2, 0.25) is 9.76 Å². The maximum absolute atomic E-state index is 10.9. The Bertz CT molecular complexity index is 115. The summed E-state index contributed by atoms with van der Waals surface area (Å²) in [6.07, 6.45) is 4.65. The third-order valence-electron chi connectivity index (χ3n) is 1.64. The van der Waals surface area contributed by atoms with Gasteiger partial charge in [-0.05, 0) is 12.5 Å². The normalized spacial score (nSPS) is 10.8. The Hall–Kier alpha value is -0.313. The van der Waals surface area contributed by atoms with Crippen LogP contribution in [0.2, 0.25) is 6.04 Å². The lowest BCUT2D eigenvalue weighted by Crippen LogP contribution is -2.07. The van der Waals surface area contributed by atoms with E-state index in [0.717, 1.165) is 18.9 Å². The van der Waals surface area contributed by atoms with Gasteiger partial charge in [0.25, 0.3) is 5.97 Å². The predicted octanol–water partition coefficient (Wildman–Crippen LogP) is 1.84. The smallest absolute Gasteiger partial charge is 0.292 e. The lowest BCUT2D eigenvalue weighted by atomic mass is 10.3. The zero-order valence-corrected chi connectivity index (χ0v) is 9.39. The summed E-state index contributed by atoms with van der Waals surface area (Å²) in [6.45, 7) is 5.82. The van der Waals surface area contributed by atoms with E-state index in [1.807, 2.05) is 0 Å². The van der Waals surface area contributed by atoms with Crippen molar-refractivity contribution in [3.05, 3.63) is 6.92 Å². The molecule has 0 aliphatic rings. The van der Waals surface area contributed by atoms with Gasteiger partial charge in [0.1, 0.15) is 0 Å². The summed E-state index contributed by atoms with van der Waals surface area (Å²) >= 11 is 0. The third kappa shape index (κ3) is 7.79. The fraction of sp³-hybridized carbons (Fsp3) is 0.778.